The van der Waals surface area contributed by atoms with E-state index in [1.165, 1.54) is 6.20 Å². The number of carbonyl (C=O) groups excluding carboxylic acids is 1. The normalized spacial score (nSPS) is 17.6. The van der Waals surface area contributed by atoms with Gasteiger partial charge in [-0.05, 0) is 25.0 Å². The minimum absolute atomic E-state index is 0.00199. The molecule has 6 nitrogen and oxygen atoms in total. The molecule has 0 radical (unpaired) electrons. The Morgan fingerprint density at radius 3 is 2.67 bits per heavy atom. The smallest absolute Gasteiger partial charge is 0.190 e. The molecule has 2 heterocycles. The second-order valence-electron chi connectivity index (χ2n) is 5.29. The zero-order valence-corrected chi connectivity index (χ0v) is 11.7. The molecule has 6 heteroatoms. The number of aromatic nitrogens is 3. The number of ether oxygens (including phenoxy) is 1. The Kier molecular flexibility index (Phi) is 3.81. The van der Waals surface area contributed by atoms with Crippen molar-refractivity contribution in [1.29, 1.82) is 0 Å². The standard InChI is InChI=1S/C15H18N4O2/c16-11-15(6-8-21-9-7-15)14(20)13-10-17-18-19(13)12-4-2-1-3-5-12/h1-5,10H,6-9,11,16H2. The summed E-state index contributed by atoms with van der Waals surface area (Å²) in [5.74, 6) is 0.00199. The van der Waals surface area contributed by atoms with E-state index in [-0.39, 0.29) is 5.78 Å². The molecule has 110 valence electrons. The van der Waals surface area contributed by atoms with Gasteiger partial charge in [-0.25, -0.2) is 4.68 Å². The molecule has 1 saturated heterocycles. The fourth-order valence-corrected chi connectivity index (χ4v) is 2.71. The van der Waals surface area contributed by atoms with Crippen molar-refractivity contribution in [2.24, 2.45) is 11.1 Å². The number of nitrogens with two attached hydrogens (primary N) is 1. The van der Waals surface area contributed by atoms with E-state index in [0.717, 1.165) is 5.69 Å². The van der Waals surface area contributed by atoms with E-state index < -0.39 is 5.41 Å². The maximum Gasteiger partial charge on any atom is 0.190 e. The van der Waals surface area contributed by atoms with Crippen LogP contribution in [0.1, 0.15) is 23.3 Å². The number of ketones is 1. The van der Waals surface area contributed by atoms with Gasteiger partial charge in [0.25, 0.3) is 0 Å². The van der Waals surface area contributed by atoms with Crippen LogP contribution >= 0.6 is 0 Å². The third-order valence-corrected chi connectivity index (χ3v) is 4.11. The summed E-state index contributed by atoms with van der Waals surface area (Å²) >= 11 is 0. The molecule has 0 atom stereocenters. The quantitative estimate of drug-likeness (QED) is 0.854. The van der Waals surface area contributed by atoms with Crippen LogP contribution in [-0.4, -0.2) is 40.5 Å². The van der Waals surface area contributed by atoms with Crippen LogP contribution in [0.3, 0.4) is 0 Å². The van der Waals surface area contributed by atoms with Crippen molar-refractivity contribution >= 4 is 5.78 Å². The molecule has 0 saturated carbocycles. The Balaban J connectivity index is 1.97. The van der Waals surface area contributed by atoms with Crippen LogP contribution < -0.4 is 5.73 Å². The SMILES string of the molecule is NCC1(C(=O)c2cnnn2-c2ccccc2)CCOCC1. The molecule has 1 aromatic heterocycles. The Hall–Kier alpha value is -2.05. The van der Waals surface area contributed by atoms with Gasteiger partial charge >= 0.3 is 0 Å². The minimum Gasteiger partial charge on any atom is -0.381 e. The van der Waals surface area contributed by atoms with Gasteiger partial charge in [0, 0.05) is 19.8 Å². The van der Waals surface area contributed by atoms with E-state index in [2.05, 4.69) is 10.3 Å². The summed E-state index contributed by atoms with van der Waals surface area (Å²) in [5.41, 5.74) is 6.64. The molecule has 2 N–H and O–H groups in total. The summed E-state index contributed by atoms with van der Waals surface area (Å²) in [4.78, 5) is 13.0. The molecule has 1 aromatic carbocycles. The maximum absolute atomic E-state index is 13.0. The highest BCUT2D eigenvalue weighted by Crippen LogP contribution is 2.33. The fraction of sp³-hybridized carbons (Fsp3) is 0.400. The van der Waals surface area contributed by atoms with Crippen molar-refractivity contribution < 1.29 is 9.53 Å². The first kappa shape index (κ1) is 13.9. The highest BCUT2D eigenvalue weighted by molar-refractivity contribution is 5.99. The maximum atomic E-state index is 13.0. The van der Waals surface area contributed by atoms with Crippen molar-refractivity contribution in [2.75, 3.05) is 19.8 Å². The van der Waals surface area contributed by atoms with Gasteiger partial charge in [-0.3, -0.25) is 4.79 Å². The summed E-state index contributed by atoms with van der Waals surface area (Å²) in [7, 11) is 0. The molecule has 0 aliphatic carbocycles. The van der Waals surface area contributed by atoms with E-state index in [1.807, 2.05) is 30.3 Å². The first-order valence-corrected chi connectivity index (χ1v) is 7.06. The highest BCUT2D eigenvalue weighted by Gasteiger charge is 2.40. The van der Waals surface area contributed by atoms with Crippen LogP contribution in [0.15, 0.2) is 36.5 Å². The van der Waals surface area contributed by atoms with Gasteiger partial charge < -0.3 is 10.5 Å². The largest absolute Gasteiger partial charge is 0.381 e. The summed E-state index contributed by atoms with van der Waals surface area (Å²) in [6.07, 6.45) is 2.80. The molecule has 3 rings (SSSR count). The summed E-state index contributed by atoms with van der Waals surface area (Å²) < 4.78 is 6.94. The number of rotatable bonds is 4. The number of Topliss-reactive ketones (excluding diaryl/α,β-unsaturated/α-hetero) is 1. The molecule has 1 aliphatic heterocycles. The van der Waals surface area contributed by atoms with Gasteiger partial charge in [-0.2, -0.15) is 0 Å². The third-order valence-electron chi connectivity index (χ3n) is 4.11. The van der Waals surface area contributed by atoms with Gasteiger partial charge in [0.05, 0.1) is 17.3 Å². The predicted octanol–water partition coefficient (Wildman–Crippen LogP) is 1.21. The second-order valence-corrected chi connectivity index (χ2v) is 5.29. The Morgan fingerprint density at radius 2 is 2.00 bits per heavy atom. The topological polar surface area (TPSA) is 83.0 Å². The van der Waals surface area contributed by atoms with Crippen LogP contribution in [0.2, 0.25) is 0 Å². The molecule has 0 bridgehead atoms. The number of nitrogens with zero attached hydrogens (tertiary/aromatic N) is 3. The van der Waals surface area contributed by atoms with E-state index >= 15 is 0 Å². The zero-order chi connectivity index (χ0) is 14.7. The molecule has 1 fully saturated rings. The lowest BCUT2D eigenvalue weighted by atomic mass is 9.75. The lowest BCUT2D eigenvalue weighted by molar-refractivity contribution is 0.0195. The molecule has 21 heavy (non-hydrogen) atoms. The molecule has 0 spiro atoms. The number of carbonyl (C=O) groups is 1. The van der Waals surface area contributed by atoms with Crippen LogP contribution in [0.4, 0.5) is 0 Å². The van der Waals surface area contributed by atoms with Crippen LogP contribution in [0, 0.1) is 5.41 Å². The van der Waals surface area contributed by atoms with E-state index in [0.29, 0.717) is 38.3 Å². The Bertz CT molecular complexity index is 618. The molecular weight excluding hydrogens is 268 g/mol. The third kappa shape index (κ3) is 2.48. The molecule has 0 amide bonds. The summed E-state index contributed by atoms with van der Waals surface area (Å²) in [5, 5.41) is 7.94. The first-order valence-electron chi connectivity index (χ1n) is 7.06. The van der Waals surface area contributed by atoms with Crippen molar-refractivity contribution in [1.82, 2.24) is 15.0 Å². The monoisotopic (exact) mass is 286 g/mol. The summed E-state index contributed by atoms with van der Waals surface area (Å²) in [6.45, 7) is 1.45. The molecular formula is C15H18N4O2. The van der Waals surface area contributed by atoms with Crippen LogP contribution in [0.25, 0.3) is 5.69 Å². The molecule has 2 aromatic rings. The van der Waals surface area contributed by atoms with Gasteiger partial charge in [-0.15, -0.1) is 5.10 Å². The van der Waals surface area contributed by atoms with Crippen LogP contribution in [0.5, 0.6) is 0 Å². The molecule has 0 unspecified atom stereocenters. The lowest BCUT2D eigenvalue weighted by Gasteiger charge is -2.34. The van der Waals surface area contributed by atoms with Crippen molar-refractivity contribution in [3.63, 3.8) is 0 Å². The zero-order valence-electron chi connectivity index (χ0n) is 11.7. The van der Waals surface area contributed by atoms with Crippen LogP contribution in [-0.2, 0) is 4.74 Å². The average molecular weight is 286 g/mol. The fourth-order valence-electron chi connectivity index (χ4n) is 2.71. The lowest BCUT2D eigenvalue weighted by Crippen LogP contribution is -2.44. The van der Waals surface area contributed by atoms with E-state index in [1.54, 1.807) is 4.68 Å². The van der Waals surface area contributed by atoms with Crippen molar-refractivity contribution in [2.45, 2.75) is 12.8 Å². The number of hydrogen-bond donors (Lipinski definition) is 1. The number of para-hydroxylation sites is 1. The average Bonchev–Trinajstić information content (AvgIpc) is 3.05. The second kappa shape index (κ2) is 5.75. The summed E-state index contributed by atoms with van der Waals surface area (Å²) in [6, 6.07) is 9.51. The van der Waals surface area contributed by atoms with E-state index in [4.69, 9.17) is 10.5 Å². The molecule has 1 aliphatic rings. The van der Waals surface area contributed by atoms with E-state index in [9.17, 15) is 4.79 Å². The van der Waals surface area contributed by atoms with Gasteiger partial charge in [0.2, 0.25) is 0 Å². The number of benzene rings is 1. The minimum atomic E-state index is -0.563. The van der Waals surface area contributed by atoms with Gasteiger partial charge in [0.15, 0.2) is 5.78 Å². The Labute approximate surface area is 122 Å². The first-order chi connectivity index (χ1) is 10.3. The Morgan fingerprint density at radius 1 is 1.29 bits per heavy atom. The van der Waals surface area contributed by atoms with Gasteiger partial charge in [-0.1, -0.05) is 23.4 Å². The highest BCUT2D eigenvalue weighted by atomic mass is 16.5. The van der Waals surface area contributed by atoms with Gasteiger partial charge in [0.1, 0.15) is 5.69 Å². The van der Waals surface area contributed by atoms with Crippen molar-refractivity contribution in [3.8, 4) is 5.69 Å². The predicted molar refractivity (Wildman–Crippen MR) is 77.2 cm³/mol. The number of hydrogen-bond acceptors (Lipinski definition) is 5. The van der Waals surface area contributed by atoms with Crippen molar-refractivity contribution in [3.05, 3.63) is 42.2 Å².